The Kier molecular flexibility index (Phi) is 4.06. The molecule has 0 saturated carbocycles. The van der Waals surface area contributed by atoms with Gasteiger partial charge >= 0.3 is 5.97 Å². The van der Waals surface area contributed by atoms with Crippen LogP contribution in [0.5, 0.6) is 0 Å². The van der Waals surface area contributed by atoms with Crippen molar-refractivity contribution < 1.29 is 14.2 Å². The lowest BCUT2D eigenvalue weighted by Crippen LogP contribution is -2.22. The lowest BCUT2D eigenvalue weighted by Gasteiger charge is -2.09. The minimum atomic E-state index is -0.366. The van der Waals surface area contributed by atoms with E-state index in [1.807, 2.05) is 25.2 Å². The maximum absolute atomic E-state index is 11.4. The van der Waals surface area contributed by atoms with Gasteiger partial charge in [-0.25, -0.2) is 4.79 Å². The van der Waals surface area contributed by atoms with Crippen molar-refractivity contribution in [2.45, 2.75) is 0 Å². The van der Waals surface area contributed by atoms with Crippen molar-refractivity contribution >= 4 is 34.3 Å². The monoisotopic (exact) mass is 285 g/mol. The molecular weight excluding hydrogens is 272 g/mol. The zero-order chi connectivity index (χ0) is 12.3. The van der Waals surface area contributed by atoms with Gasteiger partial charge in [-0.3, -0.25) is 0 Å². The fourth-order valence-corrected chi connectivity index (χ4v) is 1.67. The minimum absolute atomic E-state index is 0.366. The smallest absolute Gasteiger partial charge is 0.338 e. The van der Waals surface area contributed by atoms with Crippen molar-refractivity contribution in [1.29, 1.82) is 0 Å². The maximum Gasteiger partial charge on any atom is 0.338 e. The van der Waals surface area contributed by atoms with Crippen LogP contribution in [0.4, 0.5) is 5.69 Å². The Labute approximate surface area is 103 Å². The van der Waals surface area contributed by atoms with Gasteiger partial charge < -0.3 is 4.74 Å². The summed E-state index contributed by atoms with van der Waals surface area (Å²) in [6.07, 6.45) is 0. The molecule has 0 N–H and O–H groups in total. The number of benzene rings is 1. The summed E-state index contributed by atoms with van der Waals surface area (Å²) < 4.78 is 7.16. The molecule has 1 aromatic rings. The van der Waals surface area contributed by atoms with Gasteiger partial charge in [0, 0.05) is 16.6 Å². The van der Waals surface area contributed by atoms with E-state index >= 15 is 0 Å². The van der Waals surface area contributed by atoms with E-state index in [2.05, 4.69) is 27.4 Å². The van der Waals surface area contributed by atoms with Crippen molar-refractivity contribution in [3.8, 4) is 0 Å². The van der Waals surface area contributed by atoms with Crippen molar-refractivity contribution in [1.82, 2.24) is 5.01 Å². The van der Waals surface area contributed by atoms with Crippen LogP contribution >= 0.6 is 15.9 Å². The Morgan fingerprint density at radius 2 is 2.06 bits per heavy atom. The molecule has 0 aliphatic carbocycles. The first-order chi connectivity index (χ1) is 7.45. The third kappa shape index (κ3) is 2.82. The second-order valence-corrected chi connectivity index (χ2v) is 4.35. The number of methoxy groups -OCH3 is 1. The van der Waals surface area contributed by atoms with Crippen molar-refractivity contribution in [3.05, 3.63) is 28.2 Å². The number of rotatable bonds is 3. The SMILES string of the molecule is C=[N+](c1cc(Br)cc(C(=O)OC)c1)N(C)C. The Balaban J connectivity index is 3.18. The number of hydrazine groups is 1. The second-order valence-electron chi connectivity index (χ2n) is 3.44. The van der Waals surface area contributed by atoms with E-state index in [0.29, 0.717) is 5.56 Å². The molecule has 0 unspecified atom stereocenters. The molecule has 0 aromatic heterocycles. The molecule has 0 aliphatic rings. The van der Waals surface area contributed by atoms with Gasteiger partial charge in [-0.15, -0.1) is 0 Å². The van der Waals surface area contributed by atoms with E-state index in [9.17, 15) is 4.79 Å². The zero-order valence-electron chi connectivity index (χ0n) is 9.53. The van der Waals surface area contributed by atoms with E-state index < -0.39 is 0 Å². The number of esters is 1. The molecule has 0 aliphatic heterocycles. The van der Waals surface area contributed by atoms with Gasteiger partial charge in [-0.05, 0) is 6.07 Å². The van der Waals surface area contributed by atoms with Crippen LogP contribution in [0, 0.1) is 0 Å². The topological polar surface area (TPSA) is 32.5 Å². The summed E-state index contributed by atoms with van der Waals surface area (Å²) in [4.78, 5) is 11.4. The fourth-order valence-electron chi connectivity index (χ4n) is 1.19. The van der Waals surface area contributed by atoms with Gasteiger partial charge in [0.25, 0.3) is 0 Å². The summed E-state index contributed by atoms with van der Waals surface area (Å²) in [5, 5.41) is 1.81. The number of carbonyl (C=O) groups excluding carboxylic acids is 1. The third-order valence-corrected chi connectivity index (χ3v) is 2.54. The fraction of sp³-hybridized carbons (Fsp3) is 0.273. The first-order valence-corrected chi connectivity index (χ1v) is 5.41. The highest BCUT2D eigenvalue weighted by molar-refractivity contribution is 9.10. The number of carbonyl (C=O) groups is 1. The number of hydrogen-bond acceptors (Lipinski definition) is 3. The van der Waals surface area contributed by atoms with Gasteiger partial charge in [0.1, 0.15) is 0 Å². The maximum atomic E-state index is 11.4. The molecule has 0 radical (unpaired) electrons. The van der Waals surface area contributed by atoms with Crippen LogP contribution in [-0.4, -0.2) is 43.6 Å². The van der Waals surface area contributed by atoms with Crippen LogP contribution in [0.3, 0.4) is 0 Å². The van der Waals surface area contributed by atoms with Crippen LogP contribution in [-0.2, 0) is 4.74 Å². The lowest BCUT2D eigenvalue weighted by atomic mass is 10.2. The van der Waals surface area contributed by atoms with Gasteiger partial charge in [-0.2, -0.15) is 5.01 Å². The van der Waals surface area contributed by atoms with Crippen LogP contribution in [0.2, 0.25) is 0 Å². The Bertz CT molecular complexity index is 430. The molecule has 0 atom stereocenters. The predicted molar refractivity (Wildman–Crippen MR) is 66.2 cm³/mol. The molecular formula is C11H14BrN2O2+. The average molecular weight is 286 g/mol. The highest BCUT2D eigenvalue weighted by atomic mass is 79.9. The van der Waals surface area contributed by atoms with Gasteiger partial charge in [0.05, 0.1) is 26.8 Å². The van der Waals surface area contributed by atoms with E-state index in [0.717, 1.165) is 10.2 Å². The summed E-state index contributed by atoms with van der Waals surface area (Å²) in [6.45, 7) is 3.86. The van der Waals surface area contributed by atoms with Crippen molar-refractivity contribution in [2.24, 2.45) is 0 Å². The molecule has 0 bridgehead atoms. The molecule has 0 fully saturated rings. The van der Waals surface area contributed by atoms with Crippen LogP contribution < -0.4 is 0 Å². The molecule has 1 aromatic carbocycles. The van der Waals surface area contributed by atoms with Crippen LogP contribution in [0.25, 0.3) is 0 Å². The molecule has 16 heavy (non-hydrogen) atoms. The standard InChI is InChI=1S/C11H14BrN2O2/c1-13(2)14(3)10-6-8(11(15)16-4)5-9(12)7-10/h5-7H,3H2,1-2,4H3/q+1. The predicted octanol–water partition coefficient (Wildman–Crippen LogP) is 2.06. The molecule has 86 valence electrons. The summed E-state index contributed by atoms with van der Waals surface area (Å²) in [7, 11) is 5.09. The van der Waals surface area contributed by atoms with Gasteiger partial charge in [0.15, 0.2) is 6.72 Å². The third-order valence-electron chi connectivity index (χ3n) is 2.08. The summed E-state index contributed by atoms with van der Waals surface area (Å²) in [5.74, 6) is -0.366. The average Bonchev–Trinajstić information content (AvgIpc) is 2.25. The molecule has 0 spiro atoms. The molecule has 4 nitrogen and oxygen atoms in total. The van der Waals surface area contributed by atoms with Gasteiger partial charge in [-0.1, -0.05) is 20.6 Å². The zero-order valence-corrected chi connectivity index (χ0v) is 11.1. The number of ether oxygens (including phenoxy) is 1. The Hall–Kier alpha value is -1.36. The molecule has 0 heterocycles. The number of hydrogen-bond donors (Lipinski definition) is 0. The number of hydrazone groups is 1. The molecule has 0 amide bonds. The first kappa shape index (κ1) is 12.7. The Morgan fingerprint density at radius 1 is 1.44 bits per heavy atom. The van der Waals surface area contributed by atoms with Crippen LogP contribution in [0.15, 0.2) is 22.7 Å². The Morgan fingerprint density at radius 3 is 2.56 bits per heavy atom. The molecule has 5 heteroatoms. The van der Waals surface area contributed by atoms with E-state index in [4.69, 9.17) is 0 Å². The second kappa shape index (κ2) is 5.12. The quantitative estimate of drug-likeness (QED) is 0.369. The molecule has 1 rings (SSSR count). The summed E-state index contributed by atoms with van der Waals surface area (Å²) >= 11 is 3.35. The van der Waals surface area contributed by atoms with E-state index in [-0.39, 0.29) is 5.97 Å². The first-order valence-electron chi connectivity index (χ1n) is 4.62. The minimum Gasteiger partial charge on any atom is -0.465 e. The molecule has 0 saturated heterocycles. The van der Waals surface area contributed by atoms with E-state index in [1.165, 1.54) is 7.11 Å². The van der Waals surface area contributed by atoms with E-state index in [1.54, 1.807) is 16.8 Å². The van der Waals surface area contributed by atoms with Crippen molar-refractivity contribution in [2.75, 3.05) is 21.2 Å². The number of nitrogens with zero attached hydrogens (tertiary/aromatic N) is 2. The largest absolute Gasteiger partial charge is 0.465 e. The van der Waals surface area contributed by atoms with Crippen LogP contribution in [0.1, 0.15) is 10.4 Å². The lowest BCUT2D eigenvalue weighted by molar-refractivity contribution is -0.602. The van der Waals surface area contributed by atoms with Crippen molar-refractivity contribution in [3.63, 3.8) is 0 Å². The summed E-state index contributed by atoms with van der Waals surface area (Å²) in [6, 6.07) is 5.31. The highest BCUT2D eigenvalue weighted by Crippen LogP contribution is 2.22. The number of halogens is 1. The van der Waals surface area contributed by atoms with Gasteiger partial charge in [0.2, 0.25) is 5.69 Å². The summed E-state index contributed by atoms with van der Waals surface area (Å²) in [5.41, 5.74) is 1.29. The highest BCUT2D eigenvalue weighted by Gasteiger charge is 2.15. The normalized spacial score (nSPS) is 9.75.